The van der Waals surface area contributed by atoms with Crippen LogP contribution in [-0.4, -0.2) is 12.9 Å². The fourth-order valence-electron chi connectivity index (χ4n) is 3.62. The molecule has 0 aromatic heterocycles. The fourth-order valence-corrected chi connectivity index (χ4v) is 4.92. The van der Waals surface area contributed by atoms with Crippen molar-refractivity contribution in [2.24, 2.45) is 5.92 Å². The first kappa shape index (κ1) is 25.7. The lowest BCUT2D eigenvalue weighted by atomic mass is 10.1. The Kier molecular flexibility index (Phi) is 9.78. The van der Waals surface area contributed by atoms with Gasteiger partial charge in [-0.3, -0.25) is 0 Å². The van der Waals surface area contributed by atoms with Crippen molar-refractivity contribution in [2.75, 3.05) is 18.2 Å². The van der Waals surface area contributed by atoms with Gasteiger partial charge in [0.25, 0.3) is 0 Å². The minimum Gasteiger partial charge on any atom is -0.359 e. The number of anilines is 1. The first-order valence-electron chi connectivity index (χ1n) is 11.7. The molecule has 1 aliphatic carbocycles. The van der Waals surface area contributed by atoms with Crippen molar-refractivity contribution in [3.8, 4) is 0 Å². The summed E-state index contributed by atoms with van der Waals surface area (Å²) in [5.41, 5.74) is 5.98. The van der Waals surface area contributed by atoms with Crippen LogP contribution in [0.25, 0.3) is 0 Å². The zero-order valence-corrected chi connectivity index (χ0v) is 21.9. The maximum atomic E-state index is 6.03. The molecule has 4 heteroatoms. The Bertz CT molecular complexity index is 941. The summed E-state index contributed by atoms with van der Waals surface area (Å²) in [6.45, 7) is 13.4. The summed E-state index contributed by atoms with van der Waals surface area (Å²) < 4.78 is 6.14. The molecule has 176 valence electrons. The molecule has 0 atom stereocenters. The van der Waals surface area contributed by atoms with Crippen LogP contribution < -0.4 is 5.32 Å². The van der Waals surface area contributed by atoms with Gasteiger partial charge in [-0.1, -0.05) is 69.0 Å². The molecule has 2 aromatic rings. The number of nitrogens with one attached hydrogen (secondary N) is 1. The molecule has 0 radical (unpaired) electrons. The van der Waals surface area contributed by atoms with E-state index >= 15 is 0 Å². The molecule has 2 aromatic carbocycles. The predicted molar refractivity (Wildman–Crippen MR) is 148 cm³/mol. The fraction of sp³-hybridized carbons (Fsp3) is 0.379. The third-order valence-corrected chi connectivity index (χ3v) is 7.81. The van der Waals surface area contributed by atoms with Gasteiger partial charge in [-0.25, -0.2) is 0 Å². The van der Waals surface area contributed by atoms with Crippen LogP contribution in [0.2, 0.25) is 0 Å². The number of hydrogen-bond donors (Lipinski definition) is 1. The number of hydrogen-bond acceptors (Lipinski definition) is 4. The van der Waals surface area contributed by atoms with Crippen molar-refractivity contribution in [1.82, 2.24) is 0 Å². The van der Waals surface area contributed by atoms with Crippen molar-refractivity contribution in [3.63, 3.8) is 0 Å². The highest BCUT2D eigenvalue weighted by molar-refractivity contribution is 7.98. The molecule has 0 saturated heterocycles. The van der Waals surface area contributed by atoms with E-state index in [1.807, 2.05) is 6.08 Å². The SMILES string of the molecule is C=C/C(=C\CC(C)C)CCOSC1(c2ccc(NC(=C)Cc3ccc(SC)cc3)cc2)CC1. The highest BCUT2D eigenvalue weighted by Crippen LogP contribution is 2.57. The van der Waals surface area contributed by atoms with Crippen LogP contribution in [0.3, 0.4) is 0 Å². The Morgan fingerprint density at radius 3 is 2.39 bits per heavy atom. The summed E-state index contributed by atoms with van der Waals surface area (Å²) >= 11 is 3.41. The van der Waals surface area contributed by atoms with E-state index in [-0.39, 0.29) is 4.75 Å². The minimum atomic E-state index is 0.116. The van der Waals surface area contributed by atoms with Gasteiger partial charge in [0, 0.05) is 34.7 Å². The van der Waals surface area contributed by atoms with E-state index in [1.54, 1.807) is 23.8 Å². The smallest absolute Gasteiger partial charge is 0.0672 e. The van der Waals surface area contributed by atoms with Crippen LogP contribution in [0.1, 0.15) is 50.7 Å². The summed E-state index contributed by atoms with van der Waals surface area (Å²) in [5, 5.41) is 3.46. The molecular weight excluding hydrogens is 442 g/mol. The number of thioether (sulfide) groups is 1. The monoisotopic (exact) mass is 479 g/mol. The Labute approximate surface area is 209 Å². The standard InChI is InChI=1S/C29H37NOS2/c1-6-24(8-7-22(2)3)17-20-31-33-29(18-19-29)26-11-13-27(14-12-26)30-23(4)21-25-9-15-28(32-5)16-10-25/h6,8-16,22,30H,1,4,7,17-21H2,2-3,5H3/b24-8+. The summed E-state index contributed by atoms with van der Waals surface area (Å²) in [7, 11) is 0. The second-order valence-corrected chi connectivity index (χ2v) is 11.2. The Morgan fingerprint density at radius 2 is 1.82 bits per heavy atom. The first-order valence-corrected chi connectivity index (χ1v) is 13.7. The Morgan fingerprint density at radius 1 is 1.12 bits per heavy atom. The Hall–Kier alpha value is -1.88. The number of benzene rings is 2. The lowest BCUT2D eigenvalue weighted by Gasteiger charge is -2.16. The van der Waals surface area contributed by atoms with Crippen molar-refractivity contribution in [2.45, 2.75) is 55.6 Å². The van der Waals surface area contributed by atoms with Crippen LogP contribution >= 0.6 is 23.8 Å². The molecule has 0 unspecified atom stereocenters. The third-order valence-electron chi connectivity index (χ3n) is 5.82. The van der Waals surface area contributed by atoms with Crippen LogP contribution in [-0.2, 0) is 15.4 Å². The van der Waals surface area contributed by atoms with Crippen molar-refractivity contribution < 1.29 is 4.18 Å². The van der Waals surface area contributed by atoms with E-state index in [0.717, 1.165) is 37.3 Å². The minimum absolute atomic E-state index is 0.116. The highest BCUT2D eigenvalue weighted by Gasteiger charge is 2.46. The topological polar surface area (TPSA) is 21.3 Å². The first-order chi connectivity index (χ1) is 15.9. The van der Waals surface area contributed by atoms with Crippen molar-refractivity contribution in [1.29, 1.82) is 0 Å². The summed E-state index contributed by atoms with van der Waals surface area (Å²) in [6.07, 6.45) is 11.5. The quantitative estimate of drug-likeness (QED) is 0.126. The number of allylic oxidation sites excluding steroid dienone is 3. The number of rotatable bonds is 14. The van der Waals surface area contributed by atoms with Gasteiger partial charge in [-0.2, -0.15) is 0 Å². The van der Waals surface area contributed by atoms with Gasteiger partial charge >= 0.3 is 0 Å². The lowest BCUT2D eigenvalue weighted by Crippen LogP contribution is -2.05. The molecule has 33 heavy (non-hydrogen) atoms. The summed E-state index contributed by atoms with van der Waals surface area (Å²) in [4.78, 5) is 1.28. The van der Waals surface area contributed by atoms with Crippen LogP contribution in [0, 0.1) is 5.92 Å². The van der Waals surface area contributed by atoms with E-state index in [9.17, 15) is 0 Å². The van der Waals surface area contributed by atoms with E-state index in [2.05, 4.69) is 93.2 Å². The van der Waals surface area contributed by atoms with Gasteiger partial charge in [0.1, 0.15) is 0 Å². The van der Waals surface area contributed by atoms with Crippen molar-refractivity contribution >= 4 is 29.5 Å². The highest BCUT2D eigenvalue weighted by atomic mass is 32.2. The van der Waals surface area contributed by atoms with E-state index in [0.29, 0.717) is 5.92 Å². The molecule has 2 nitrogen and oxygen atoms in total. The van der Waals surface area contributed by atoms with Gasteiger partial charge in [0.15, 0.2) is 0 Å². The largest absolute Gasteiger partial charge is 0.359 e. The molecule has 1 N–H and O–H groups in total. The van der Waals surface area contributed by atoms with Gasteiger partial charge in [0.05, 0.1) is 11.4 Å². The molecule has 0 amide bonds. The van der Waals surface area contributed by atoms with Gasteiger partial charge in [0.2, 0.25) is 0 Å². The van der Waals surface area contributed by atoms with E-state index in [1.165, 1.54) is 34.4 Å². The second-order valence-electron chi connectivity index (χ2n) is 9.09. The molecule has 0 bridgehead atoms. The lowest BCUT2D eigenvalue weighted by molar-refractivity contribution is 0.375. The average Bonchev–Trinajstić information content (AvgIpc) is 3.60. The molecule has 0 heterocycles. The average molecular weight is 480 g/mol. The summed E-state index contributed by atoms with van der Waals surface area (Å²) in [5.74, 6) is 0.672. The maximum Gasteiger partial charge on any atom is 0.0672 e. The van der Waals surface area contributed by atoms with Crippen molar-refractivity contribution in [3.05, 3.63) is 96.2 Å². The third kappa shape index (κ3) is 8.13. The molecular formula is C29H37NOS2. The van der Waals surface area contributed by atoms with Gasteiger partial charge in [-0.15, -0.1) is 11.8 Å². The molecule has 0 aliphatic heterocycles. The summed E-state index contributed by atoms with van der Waals surface area (Å²) in [6, 6.07) is 17.4. The van der Waals surface area contributed by atoms with Crippen LogP contribution in [0.15, 0.2) is 90.0 Å². The molecule has 1 aliphatic rings. The Balaban J connectivity index is 1.46. The normalized spacial score (nSPS) is 14.8. The maximum absolute atomic E-state index is 6.03. The predicted octanol–water partition coefficient (Wildman–Crippen LogP) is 8.78. The van der Waals surface area contributed by atoms with E-state index < -0.39 is 0 Å². The van der Waals surface area contributed by atoms with E-state index in [4.69, 9.17) is 4.18 Å². The van der Waals surface area contributed by atoms with Crippen LogP contribution in [0.4, 0.5) is 5.69 Å². The zero-order valence-electron chi connectivity index (χ0n) is 20.2. The molecule has 1 saturated carbocycles. The molecule has 0 spiro atoms. The zero-order chi connectivity index (χ0) is 23.7. The second kappa shape index (κ2) is 12.5. The van der Waals surface area contributed by atoms with Crippen LogP contribution in [0.5, 0.6) is 0 Å². The molecule has 3 rings (SSSR count). The van der Waals surface area contributed by atoms with Gasteiger partial charge < -0.3 is 9.50 Å². The molecule has 1 fully saturated rings. The van der Waals surface area contributed by atoms with Gasteiger partial charge in [-0.05, 0) is 73.2 Å².